The molecule has 5 nitrogen and oxygen atoms in total. The summed E-state index contributed by atoms with van der Waals surface area (Å²) < 4.78 is 5.57. The highest BCUT2D eigenvalue weighted by atomic mass is 16.5. The van der Waals surface area contributed by atoms with E-state index < -0.39 is 0 Å². The SMILES string of the molecule is Cc1cc(OCC#CCN)nc(N2CCC(C(C)C)CC2)n1. The van der Waals surface area contributed by atoms with E-state index in [4.69, 9.17) is 10.5 Å². The molecular weight excluding hydrogens is 276 g/mol. The molecule has 0 bridgehead atoms. The first kappa shape index (κ1) is 16.6. The van der Waals surface area contributed by atoms with Gasteiger partial charge in [0.05, 0.1) is 6.54 Å². The lowest BCUT2D eigenvalue weighted by Gasteiger charge is -2.34. The molecule has 2 rings (SSSR count). The van der Waals surface area contributed by atoms with E-state index in [-0.39, 0.29) is 0 Å². The maximum Gasteiger partial charge on any atom is 0.228 e. The fourth-order valence-electron chi connectivity index (χ4n) is 2.74. The lowest BCUT2D eigenvalue weighted by molar-refractivity contribution is 0.308. The van der Waals surface area contributed by atoms with Gasteiger partial charge < -0.3 is 15.4 Å². The first-order chi connectivity index (χ1) is 10.6. The quantitative estimate of drug-likeness (QED) is 0.862. The van der Waals surface area contributed by atoms with Gasteiger partial charge in [-0.1, -0.05) is 25.7 Å². The number of nitrogens with zero attached hydrogens (tertiary/aromatic N) is 3. The fraction of sp³-hybridized carbons (Fsp3) is 0.647. The molecule has 1 aromatic rings. The van der Waals surface area contributed by atoms with Crippen LogP contribution < -0.4 is 15.4 Å². The third-order valence-corrected chi connectivity index (χ3v) is 4.10. The third-order valence-electron chi connectivity index (χ3n) is 4.10. The molecule has 0 saturated carbocycles. The van der Waals surface area contributed by atoms with Gasteiger partial charge in [-0.3, -0.25) is 0 Å². The second-order valence-electron chi connectivity index (χ2n) is 6.06. The highest BCUT2D eigenvalue weighted by Gasteiger charge is 2.23. The van der Waals surface area contributed by atoms with Gasteiger partial charge in [0.1, 0.15) is 0 Å². The maximum absolute atomic E-state index is 5.57. The number of hydrogen-bond acceptors (Lipinski definition) is 5. The largest absolute Gasteiger partial charge is 0.464 e. The van der Waals surface area contributed by atoms with Crippen molar-refractivity contribution in [2.45, 2.75) is 33.6 Å². The summed E-state index contributed by atoms with van der Waals surface area (Å²) in [6, 6.07) is 1.84. The van der Waals surface area contributed by atoms with Crippen LogP contribution in [0.4, 0.5) is 5.95 Å². The van der Waals surface area contributed by atoms with Crippen LogP contribution in [-0.2, 0) is 0 Å². The van der Waals surface area contributed by atoms with Gasteiger partial charge in [-0.25, -0.2) is 4.98 Å². The van der Waals surface area contributed by atoms with Crippen LogP contribution in [0, 0.1) is 30.6 Å². The first-order valence-corrected chi connectivity index (χ1v) is 7.99. The van der Waals surface area contributed by atoms with Gasteiger partial charge in [-0.05, 0) is 31.6 Å². The normalized spacial score (nSPS) is 15.6. The summed E-state index contributed by atoms with van der Waals surface area (Å²) in [6.45, 7) is 9.25. The Morgan fingerprint density at radius 2 is 2.05 bits per heavy atom. The van der Waals surface area contributed by atoms with E-state index in [1.807, 2.05) is 13.0 Å². The van der Waals surface area contributed by atoms with Crippen molar-refractivity contribution in [3.05, 3.63) is 11.8 Å². The minimum atomic E-state index is 0.308. The van der Waals surface area contributed by atoms with Crippen molar-refractivity contribution in [1.82, 2.24) is 9.97 Å². The summed E-state index contributed by atoms with van der Waals surface area (Å²) in [4.78, 5) is 11.3. The Morgan fingerprint density at radius 1 is 1.32 bits per heavy atom. The van der Waals surface area contributed by atoms with E-state index in [1.165, 1.54) is 12.8 Å². The molecule has 5 heteroatoms. The Kier molecular flexibility index (Phi) is 6.02. The number of aryl methyl sites for hydroxylation is 1. The van der Waals surface area contributed by atoms with Crippen molar-refractivity contribution in [2.24, 2.45) is 17.6 Å². The summed E-state index contributed by atoms with van der Waals surface area (Å²) in [6.07, 6.45) is 2.40. The second kappa shape index (κ2) is 8.00. The van der Waals surface area contributed by atoms with Gasteiger partial charge in [0, 0.05) is 24.8 Å². The number of ether oxygens (including phenoxy) is 1. The van der Waals surface area contributed by atoms with Gasteiger partial charge in [-0.2, -0.15) is 4.98 Å². The van der Waals surface area contributed by atoms with Crippen LogP contribution in [0.1, 0.15) is 32.4 Å². The molecule has 0 aromatic carbocycles. The van der Waals surface area contributed by atoms with Crippen LogP contribution in [0.2, 0.25) is 0 Å². The second-order valence-corrected chi connectivity index (χ2v) is 6.06. The topological polar surface area (TPSA) is 64.3 Å². The smallest absolute Gasteiger partial charge is 0.228 e. The zero-order valence-corrected chi connectivity index (χ0v) is 13.8. The predicted molar refractivity (Wildman–Crippen MR) is 88.9 cm³/mol. The summed E-state index contributed by atoms with van der Waals surface area (Å²) in [5.41, 5.74) is 6.24. The lowest BCUT2D eigenvalue weighted by Crippen LogP contribution is -2.36. The molecule has 0 radical (unpaired) electrons. The van der Waals surface area contributed by atoms with Crippen molar-refractivity contribution in [2.75, 3.05) is 31.1 Å². The Bertz CT molecular complexity index is 539. The molecule has 0 unspecified atom stereocenters. The van der Waals surface area contributed by atoms with Gasteiger partial charge >= 0.3 is 0 Å². The van der Waals surface area contributed by atoms with Crippen molar-refractivity contribution in [3.8, 4) is 17.7 Å². The van der Waals surface area contributed by atoms with Crippen LogP contribution in [0.25, 0.3) is 0 Å². The molecule has 22 heavy (non-hydrogen) atoms. The Hall–Kier alpha value is -1.80. The van der Waals surface area contributed by atoms with Crippen molar-refractivity contribution < 1.29 is 4.74 Å². The predicted octanol–water partition coefficient (Wildman–Crippen LogP) is 2.00. The van der Waals surface area contributed by atoms with Gasteiger partial charge in [0.15, 0.2) is 6.61 Å². The third kappa shape index (κ3) is 4.60. The fourth-order valence-corrected chi connectivity index (χ4v) is 2.74. The van der Waals surface area contributed by atoms with Crippen LogP contribution in [-0.4, -0.2) is 36.2 Å². The molecule has 120 valence electrons. The van der Waals surface area contributed by atoms with E-state index in [0.717, 1.165) is 36.6 Å². The van der Waals surface area contributed by atoms with E-state index >= 15 is 0 Å². The first-order valence-electron chi connectivity index (χ1n) is 7.99. The van der Waals surface area contributed by atoms with E-state index in [0.29, 0.717) is 19.0 Å². The molecule has 1 saturated heterocycles. The van der Waals surface area contributed by atoms with Gasteiger partial charge in [0.2, 0.25) is 11.8 Å². The zero-order valence-electron chi connectivity index (χ0n) is 13.8. The van der Waals surface area contributed by atoms with Gasteiger partial charge in [0.25, 0.3) is 0 Å². The molecule has 1 aliphatic heterocycles. The number of hydrogen-bond donors (Lipinski definition) is 1. The average molecular weight is 302 g/mol. The molecule has 0 amide bonds. The summed E-state index contributed by atoms with van der Waals surface area (Å²) in [7, 11) is 0. The Balaban J connectivity index is 2.00. The molecule has 0 spiro atoms. The molecule has 1 aliphatic rings. The summed E-state index contributed by atoms with van der Waals surface area (Å²) in [5, 5.41) is 0. The molecule has 1 aromatic heterocycles. The lowest BCUT2D eigenvalue weighted by atomic mass is 9.87. The van der Waals surface area contributed by atoms with Crippen molar-refractivity contribution >= 4 is 5.95 Å². The molecule has 0 atom stereocenters. The maximum atomic E-state index is 5.57. The standard InChI is InChI=1S/C17H26N4O/c1-13(2)15-6-9-21(10-7-15)17-19-14(3)12-16(20-17)22-11-5-4-8-18/h12-13,15H,6-11,18H2,1-3H3. The number of nitrogens with two attached hydrogens (primary N) is 1. The average Bonchev–Trinajstić information content (AvgIpc) is 2.51. The molecular formula is C17H26N4O. The van der Waals surface area contributed by atoms with Crippen LogP contribution >= 0.6 is 0 Å². The minimum absolute atomic E-state index is 0.308. The Labute approximate surface area is 133 Å². The highest BCUT2D eigenvalue weighted by molar-refractivity contribution is 5.35. The van der Waals surface area contributed by atoms with Crippen LogP contribution in [0.3, 0.4) is 0 Å². The zero-order chi connectivity index (χ0) is 15.9. The molecule has 0 aliphatic carbocycles. The van der Waals surface area contributed by atoms with E-state index in [2.05, 4.69) is 40.6 Å². The summed E-state index contributed by atoms with van der Waals surface area (Å²) >= 11 is 0. The number of rotatable bonds is 4. The van der Waals surface area contributed by atoms with Crippen molar-refractivity contribution in [1.29, 1.82) is 0 Å². The van der Waals surface area contributed by atoms with Crippen LogP contribution in [0.5, 0.6) is 5.88 Å². The molecule has 1 fully saturated rings. The summed E-state index contributed by atoms with van der Waals surface area (Å²) in [5.74, 6) is 8.53. The monoisotopic (exact) mass is 302 g/mol. The molecule has 2 heterocycles. The minimum Gasteiger partial charge on any atom is -0.464 e. The number of anilines is 1. The van der Waals surface area contributed by atoms with Crippen LogP contribution in [0.15, 0.2) is 6.07 Å². The number of aromatic nitrogens is 2. The van der Waals surface area contributed by atoms with E-state index in [1.54, 1.807) is 0 Å². The Morgan fingerprint density at radius 3 is 2.68 bits per heavy atom. The number of piperidine rings is 1. The highest BCUT2D eigenvalue weighted by Crippen LogP contribution is 2.27. The van der Waals surface area contributed by atoms with Crippen molar-refractivity contribution in [3.63, 3.8) is 0 Å². The van der Waals surface area contributed by atoms with E-state index in [9.17, 15) is 0 Å². The molecule has 2 N–H and O–H groups in total. The van der Waals surface area contributed by atoms with Gasteiger partial charge in [-0.15, -0.1) is 0 Å².